The Morgan fingerprint density at radius 3 is 1.79 bits per heavy atom. The Kier molecular flexibility index (Phi) is 9.89. The molecule has 3 heterocycles. The van der Waals surface area contributed by atoms with Gasteiger partial charge in [-0.2, -0.15) is 12.1 Å². The average molecular weight is 931 g/mol. The van der Waals surface area contributed by atoms with Gasteiger partial charge in [-0.25, -0.2) is 4.98 Å². The third kappa shape index (κ3) is 6.57. The summed E-state index contributed by atoms with van der Waals surface area (Å²) in [4.78, 5) is 9.19. The number of hydrogen-bond donors (Lipinski definition) is 0. The minimum Gasteiger partial charge on any atom is -0.509 e. The van der Waals surface area contributed by atoms with Crippen LogP contribution in [0.2, 0.25) is 0 Å². The third-order valence-corrected chi connectivity index (χ3v) is 15.3. The second-order valence-corrected chi connectivity index (χ2v) is 17.6. The summed E-state index contributed by atoms with van der Waals surface area (Å²) >= 11 is 0. The van der Waals surface area contributed by atoms with E-state index in [0.717, 1.165) is 39.0 Å². The summed E-state index contributed by atoms with van der Waals surface area (Å²) in [6.45, 7) is 2.04. The van der Waals surface area contributed by atoms with Gasteiger partial charge in [0.15, 0.2) is 8.07 Å². The van der Waals surface area contributed by atoms with Crippen molar-refractivity contribution in [3.8, 4) is 17.3 Å². The molecule has 1 aliphatic heterocycles. The molecule has 9 aromatic rings. The van der Waals surface area contributed by atoms with Gasteiger partial charge in [-0.05, 0) is 68.9 Å². The van der Waals surface area contributed by atoms with Crippen LogP contribution in [0.4, 0.5) is 11.4 Å². The number of anilines is 2. The van der Waals surface area contributed by atoms with E-state index in [-0.39, 0.29) is 21.1 Å². The van der Waals surface area contributed by atoms with Crippen LogP contribution in [0.5, 0.6) is 11.5 Å². The summed E-state index contributed by atoms with van der Waals surface area (Å²) in [6.07, 6.45) is 6.02. The van der Waals surface area contributed by atoms with Crippen LogP contribution < -0.4 is 35.3 Å². The minimum absolute atomic E-state index is 0. The summed E-state index contributed by atoms with van der Waals surface area (Å²) in [5.74, 6) is 2.03. The maximum atomic E-state index is 6.52. The maximum absolute atomic E-state index is 6.52. The summed E-state index contributed by atoms with van der Waals surface area (Å²) in [5.41, 5.74) is 3.91. The van der Waals surface area contributed by atoms with Crippen LogP contribution in [0.1, 0.15) is 0 Å². The molecule has 0 amide bonds. The average Bonchev–Trinajstić information content (AvgIpc) is 3.90. The molecule has 57 heavy (non-hydrogen) atoms. The number of aromatic nitrogens is 2. The zero-order valence-electron chi connectivity index (χ0n) is 30.7. The molecule has 7 aromatic carbocycles. The summed E-state index contributed by atoms with van der Waals surface area (Å²) in [7, 11) is -2.79. The topological polar surface area (TPSA) is 33.5 Å². The van der Waals surface area contributed by atoms with Gasteiger partial charge in [0.2, 0.25) is 0 Å². The molecular formula is C50H35N4OPtSi-3. The molecule has 0 aliphatic carbocycles. The van der Waals surface area contributed by atoms with E-state index in [1.807, 2.05) is 72.6 Å². The molecule has 0 saturated heterocycles. The number of benzene rings is 7. The van der Waals surface area contributed by atoms with Crippen molar-refractivity contribution in [2.24, 2.45) is 0 Å². The van der Waals surface area contributed by atoms with Gasteiger partial charge >= 0.3 is 0 Å². The Labute approximate surface area is 348 Å². The first kappa shape index (κ1) is 36.2. The number of ether oxygens (including phenoxy) is 1. The molecule has 0 N–H and O–H groups in total. The Morgan fingerprint density at radius 1 is 0.509 bits per heavy atom. The molecule has 0 unspecified atom stereocenters. The van der Waals surface area contributed by atoms with Crippen LogP contribution >= 0.6 is 0 Å². The van der Waals surface area contributed by atoms with E-state index >= 15 is 0 Å². The van der Waals surface area contributed by atoms with Gasteiger partial charge < -0.3 is 19.1 Å². The van der Waals surface area contributed by atoms with Crippen LogP contribution in [-0.4, -0.2) is 17.6 Å². The van der Waals surface area contributed by atoms with Gasteiger partial charge in [0.25, 0.3) is 0 Å². The Morgan fingerprint density at radius 2 is 1.11 bits per heavy atom. The second kappa shape index (κ2) is 15.6. The summed E-state index contributed by atoms with van der Waals surface area (Å²) < 4.78 is 8.75. The van der Waals surface area contributed by atoms with E-state index in [9.17, 15) is 0 Å². The Hall–Kier alpha value is -6.46. The van der Waals surface area contributed by atoms with Gasteiger partial charge in [-0.15, -0.1) is 48.1 Å². The predicted molar refractivity (Wildman–Crippen MR) is 231 cm³/mol. The fourth-order valence-electron chi connectivity index (χ4n) is 8.02. The van der Waals surface area contributed by atoms with Gasteiger partial charge in [-0.1, -0.05) is 133 Å². The second-order valence-electron chi connectivity index (χ2n) is 13.8. The van der Waals surface area contributed by atoms with Crippen molar-refractivity contribution in [3.05, 3.63) is 225 Å². The quantitative estimate of drug-likeness (QED) is 0.0824. The van der Waals surface area contributed by atoms with E-state index in [1.54, 1.807) is 0 Å². The number of para-hydroxylation sites is 2. The van der Waals surface area contributed by atoms with Crippen LogP contribution in [-0.2, 0) is 21.1 Å². The zero-order valence-corrected chi connectivity index (χ0v) is 34.0. The first-order chi connectivity index (χ1) is 27.8. The van der Waals surface area contributed by atoms with Gasteiger partial charge in [0.1, 0.15) is 5.82 Å². The summed E-state index contributed by atoms with van der Waals surface area (Å²) in [5, 5.41) is 7.39. The van der Waals surface area contributed by atoms with E-state index in [2.05, 4.69) is 167 Å². The molecule has 0 saturated carbocycles. The van der Waals surface area contributed by atoms with E-state index in [0.29, 0.717) is 11.5 Å². The predicted octanol–water partition coefficient (Wildman–Crippen LogP) is 8.86. The third-order valence-electron chi connectivity index (χ3n) is 10.5. The van der Waals surface area contributed by atoms with Crippen LogP contribution in [0, 0.1) is 18.8 Å². The first-order valence-corrected chi connectivity index (χ1v) is 20.7. The van der Waals surface area contributed by atoms with E-state index in [4.69, 9.17) is 9.72 Å². The van der Waals surface area contributed by atoms with E-state index < -0.39 is 8.07 Å². The first-order valence-electron chi connectivity index (χ1n) is 18.7. The van der Waals surface area contributed by atoms with Crippen molar-refractivity contribution in [2.75, 3.05) is 9.80 Å². The molecule has 10 rings (SSSR count). The molecule has 0 radical (unpaired) electrons. The number of rotatable bonds is 9. The smallest absolute Gasteiger partial charge is 0.179 e. The van der Waals surface area contributed by atoms with Crippen molar-refractivity contribution >= 4 is 62.0 Å². The zero-order chi connectivity index (χ0) is 37.3. The SMILES string of the molecule is [Pt].[c-]1c(Oc2[c-]c3c(cc2)c2ccccc2n3-c2cc([Si](c3ccccc3)(c3ccccc3)c3ccccc3)ccn2)cccc1N1C=CN(c2ccccc2)[CH-]1. The Bertz CT molecular complexity index is 2730. The molecular weight excluding hydrogens is 896 g/mol. The number of nitrogens with zero attached hydrogens (tertiary/aromatic N) is 4. The number of pyridine rings is 1. The van der Waals surface area contributed by atoms with Gasteiger partial charge in [0.05, 0.1) is 0 Å². The van der Waals surface area contributed by atoms with Crippen molar-refractivity contribution in [3.63, 3.8) is 0 Å². The fraction of sp³-hybridized carbons (Fsp3) is 0. The molecule has 2 aromatic heterocycles. The maximum Gasteiger partial charge on any atom is 0.179 e. The molecule has 0 atom stereocenters. The number of hydrogen-bond acceptors (Lipinski definition) is 4. The van der Waals surface area contributed by atoms with Crippen molar-refractivity contribution in [1.82, 2.24) is 9.55 Å². The molecule has 1 aliphatic rings. The molecule has 0 spiro atoms. The number of fused-ring (bicyclic) bond motifs is 3. The molecule has 278 valence electrons. The molecule has 0 fully saturated rings. The summed E-state index contributed by atoms with van der Waals surface area (Å²) in [6, 6.07) is 73.3. The molecule has 0 bridgehead atoms. The van der Waals surface area contributed by atoms with Crippen LogP contribution in [0.25, 0.3) is 27.6 Å². The monoisotopic (exact) mass is 930 g/mol. The van der Waals surface area contributed by atoms with Crippen LogP contribution in [0.15, 0.2) is 207 Å². The van der Waals surface area contributed by atoms with Crippen molar-refractivity contribution < 1.29 is 25.8 Å². The Balaban J connectivity index is 0.00000422. The van der Waals surface area contributed by atoms with Crippen LogP contribution in [0.3, 0.4) is 0 Å². The van der Waals surface area contributed by atoms with Crippen molar-refractivity contribution in [2.45, 2.75) is 0 Å². The van der Waals surface area contributed by atoms with Gasteiger partial charge in [-0.3, -0.25) is 0 Å². The fourth-order valence-corrected chi connectivity index (χ4v) is 12.8. The van der Waals surface area contributed by atoms with Gasteiger partial charge in [0, 0.05) is 50.0 Å². The molecule has 7 heteroatoms. The minimum atomic E-state index is -2.79. The standard InChI is InChI=1S/C50H35N4OSi.Pt/c1-5-16-38(17-6-1)52-32-33-53(37-52)39-18-15-19-40(34-39)55-41-28-29-47-46-26-13-14-27-48(46)54(49(47)35-41)50-36-45(30-31-51-50)56(42-20-7-2-8-21-42,43-22-9-3-10-23-43)44-24-11-4-12-25-44;/h1-33,36-37H;/q-3;. The van der Waals surface area contributed by atoms with Crippen molar-refractivity contribution in [1.29, 1.82) is 0 Å². The normalized spacial score (nSPS) is 12.6. The molecule has 5 nitrogen and oxygen atoms in total. The van der Waals surface area contributed by atoms with E-state index in [1.165, 1.54) is 20.7 Å². The largest absolute Gasteiger partial charge is 0.509 e.